The van der Waals surface area contributed by atoms with Gasteiger partial charge in [0.05, 0.1) is 18.4 Å². The van der Waals surface area contributed by atoms with E-state index >= 15 is 0 Å². The predicted octanol–water partition coefficient (Wildman–Crippen LogP) is 1.10. The van der Waals surface area contributed by atoms with Crippen molar-refractivity contribution in [2.45, 2.75) is 6.92 Å². The van der Waals surface area contributed by atoms with Crippen LogP contribution < -0.4 is 20.3 Å². The molecule has 4 heterocycles. The largest absolute Gasteiger partial charge is 0.496 e. The zero-order valence-corrected chi connectivity index (χ0v) is 15.3. The molecule has 2 N–H and O–H groups in total. The van der Waals surface area contributed by atoms with Gasteiger partial charge in [-0.15, -0.1) is 10.2 Å². The molecule has 9 heteroatoms. The quantitative estimate of drug-likeness (QED) is 0.713. The highest BCUT2D eigenvalue weighted by atomic mass is 16.5. The first-order chi connectivity index (χ1) is 13.1. The first-order valence-electron chi connectivity index (χ1n) is 8.78. The lowest BCUT2D eigenvalue weighted by atomic mass is 10.2. The van der Waals surface area contributed by atoms with Crippen LogP contribution in [-0.4, -0.2) is 58.8 Å². The molecular formula is C18H21N7O2. The van der Waals surface area contributed by atoms with Gasteiger partial charge in [-0.25, -0.2) is 4.98 Å². The molecule has 3 aromatic rings. The van der Waals surface area contributed by atoms with Gasteiger partial charge in [-0.05, 0) is 19.1 Å². The van der Waals surface area contributed by atoms with Crippen molar-refractivity contribution in [3.05, 3.63) is 41.9 Å². The Labute approximate surface area is 156 Å². The molecule has 0 aromatic carbocycles. The van der Waals surface area contributed by atoms with Crippen molar-refractivity contribution in [3.8, 4) is 5.75 Å². The molecule has 1 aliphatic heterocycles. The van der Waals surface area contributed by atoms with E-state index in [9.17, 15) is 4.79 Å². The second-order valence-electron chi connectivity index (χ2n) is 6.37. The fraction of sp³-hybridized carbons (Fsp3) is 0.333. The highest BCUT2D eigenvalue weighted by Gasteiger charge is 2.17. The van der Waals surface area contributed by atoms with Gasteiger partial charge in [0.25, 0.3) is 5.91 Å². The Morgan fingerprint density at radius 2 is 2.04 bits per heavy atom. The zero-order valence-electron chi connectivity index (χ0n) is 15.3. The third-order valence-corrected chi connectivity index (χ3v) is 4.47. The molecule has 4 rings (SSSR count). The van der Waals surface area contributed by atoms with Crippen molar-refractivity contribution < 1.29 is 9.53 Å². The Morgan fingerprint density at radius 1 is 1.22 bits per heavy atom. The number of anilines is 2. The second kappa shape index (κ2) is 7.20. The molecule has 0 unspecified atom stereocenters. The lowest BCUT2D eigenvalue weighted by molar-refractivity contribution is 0.102. The van der Waals surface area contributed by atoms with Gasteiger partial charge in [-0.2, -0.15) is 0 Å². The number of fused-ring (bicyclic) bond motifs is 1. The number of imidazole rings is 1. The molecule has 0 spiro atoms. The van der Waals surface area contributed by atoms with E-state index in [4.69, 9.17) is 4.74 Å². The number of rotatable bonds is 4. The fourth-order valence-electron chi connectivity index (χ4n) is 3.12. The number of amides is 1. The van der Waals surface area contributed by atoms with Gasteiger partial charge in [-0.1, -0.05) is 0 Å². The third kappa shape index (κ3) is 3.54. The number of nitrogens with one attached hydrogen (secondary N) is 2. The third-order valence-electron chi connectivity index (χ3n) is 4.47. The number of methoxy groups -OCH3 is 1. The molecule has 140 valence electrons. The van der Waals surface area contributed by atoms with E-state index in [-0.39, 0.29) is 5.91 Å². The van der Waals surface area contributed by atoms with Gasteiger partial charge < -0.3 is 24.7 Å². The van der Waals surface area contributed by atoms with Crippen LogP contribution in [0.25, 0.3) is 5.65 Å². The van der Waals surface area contributed by atoms with E-state index in [0.29, 0.717) is 17.1 Å². The molecule has 0 aliphatic carbocycles. The minimum atomic E-state index is -0.315. The number of piperazine rings is 1. The van der Waals surface area contributed by atoms with E-state index in [2.05, 4.69) is 30.7 Å². The smallest absolute Gasteiger partial charge is 0.262 e. The second-order valence-corrected chi connectivity index (χ2v) is 6.37. The van der Waals surface area contributed by atoms with Gasteiger partial charge >= 0.3 is 0 Å². The fourth-order valence-corrected chi connectivity index (χ4v) is 3.12. The van der Waals surface area contributed by atoms with E-state index < -0.39 is 0 Å². The van der Waals surface area contributed by atoms with Gasteiger partial charge in [0.2, 0.25) is 0 Å². The van der Waals surface area contributed by atoms with Crippen LogP contribution in [0.4, 0.5) is 11.6 Å². The summed E-state index contributed by atoms with van der Waals surface area (Å²) in [5.74, 6) is 1.34. The Morgan fingerprint density at radius 3 is 2.74 bits per heavy atom. The minimum Gasteiger partial charge on any atom is -0.496 e. The van der Waals surface area contributed by atoms with Crippen molar-refractivity contribution in [2.75, 3.05) is 43.5 Å². The Kier molecular flexibility index (Phi) is 4.59. The molecule has 1 fully saturated rings. The summed E-state index contributed by atoms with van der Waals surface area (Å²) in [4.78, 5) is 19.3. The number of hydrogen-bond donors (Lipinski definition) is 2. The number of pyridine rings is 1. The van der Waals surface area contributed by atoms with Crippen LogP contribution in [0.3, 0.4) is 0 Å². The number of carbonyl (C=O) groups excluding carboxylic acids is 1. The maximum absolute atomic E-state index is 12.7. The van der Waals surface area contributed by atoms with E-state index in [0.717, 1.165) is 43.3 Å². The van der Waals surface area contributed by atoms with Crippen LogP contribution in [0.5, 0.6) is 5.75 Å². The van der Waals surface area contributed by atoms with E-state index in [1.54, 1.807) is 22.7 Å². The summed E-state index contributed by atoms with van der Waals surface area (Å²) in [6, 6.07) is 5.36. The highest BCUT2D eigenvalue weighted by Crippen LogP contribution is 2.22. The normalized spacial score (nSPS) is 14.4. The van der Waals surface area contributed by atoms with Crippen LogP contribution in [0.2, 0.25) is 0 Å². The monoisotopic (exact) mass is 367 g/mol. The molecule has 0 radical (unpaired) electrons. The number of ether oxygens (including phenoxy) is 1. The van der Waals surface area contributed by atoms with Crippen molar-refractivity contribution in [1.29, 1.82) is 0 Å². The molecule has 1 aliphatic rings. The zero-order chi connectivity index (χ0) is 18.8. The molecular weight excluding hydrogens is 346 g/mol. The Bertz CT molecular complexity index is 962. The summed E-state index contributed by atoms with van der Waals surface area (Å²) >= 11 is 0. The highest BCUT2D eigenvalue weighted by molar-refractivity contribution is 6.05. The number of carbonyl (C=O) groups is 1. The van der Waals surface area contributed by atoms with Gasteiger partial charge in [-0.3, -0.25) is 4.79 Å². The van der Waals surface area contributed by atoms with Crippen LogP contribution in [0.1, 0.15) is 16.1 Å². The maximum atomic E-state index is 12.7. The number of hydrogen-bond acceptors (Lipinski definition) is 7. The average Bonchev–Trinajstić information content (AvgIpc) is 3.07. The number of aromatic nitrogens is 4. The number of nitrogens with zero attached hydrogens (tertiary/aromatic N) is 5. The minimum absolute atomic E-state index is 0.315. The van der Waals surface area contributed by atoms with Gasteiger partial charge in [0.1, 0.15) is 11.4 Å². The number of aryl methyl sites for hydroxylation is 1. The SMILES string of the molecule is COc1cc2nc(C)cn2cc1C(=O)Nc1ccc(N2CCNCC2)nn1. The average molecular weight is 367 g/mol. The van der Waals surface area contributed by atoms with Crippen LogP contribution in [0, 0.1) is 6.92 Å². The molecule has 27 heavy (non-hydrogen) atoms. The van der Waals surface area contributed by atoms with Gasteiger partial charge in [0.15, 0.2) is 11.6 Å². The van der Waals surface area contributed by atoms with Crippen molar-refractivity contribution in [3.63, 3.8) is 0 Å². The Hall–Kier alpha value is -3.20. The molecule has 1 saturated heterocycles. The molecule has 0 saturated carbocycles. The summed E-state index contributed by atoms with van der Waals surface area (Å²) in [6.45, 7) is 5.53. The summed E-state index contributed by atoms with van der Waals surface area (Å²) < 4.78 is 7.15. The lowest BCUT2D eigenvalue weighted by Gasteiger charge is -2.27. The van der Waals surface area contributed by atoms with Gasteiger partial charge in [0, 0.05) is 44.6 Å². The van der Waals surface area contributed by atoms with Crippen molar-refractivity contribution in [2.24, 2.45) is 0 Å². The topological polar surface area (TPSA) is 96.7 Å². The molecule has 0 bridgehead atoms. The summed E-state index contributed by atoms with van der Waals surface area (Å²) in [5, 5.41) is 14.4. The molecule has 1 amide bonds. The van der Waals surface area contributed by atoms with E-state index in [1.807, 2.05) is 19.2 Å². The van der Waals surface area contributed by atoms with Crippen LogP contribution in [0.15, 0.2) is 30.6 Å². The summed E-state index contributed by atoms with van der Waals surface area (Å²) in [5.41, 5.74) is 1.99. The summed E-state index contributed by atoms with van der Waals surface area (Å²) in [6.07, 6.45) is 3.56. The Balaban J connectivity index is 1.54. The van der Waals surface area contributed by atoms with Crippen LogP contribution >= 0.6 is 0 Å². The molecule has 0 atom stereocenters. The first-order valence-corrected chi connectivity index (χ1v) is 8.78. The molecule has 3 aromatic heterocycles. The van der Waals surface area contributed by atoms with Crippen LogP contribution in [-0.2, 0) is 0 Å². The predicted molar refractivity (Wildman–Crippen MR) is 102 cm³/mol. The first kappa shape index (κ1) is 17.2. The molecule has 9 nitrogen and oxygen atoms in total. The lowest BCUT2D eigenvalue weighted by Crippen LogP contribution is -2.43. The summed E-state index contributed by atoms with van der Waals surface area (Å²) in [7, 11) is 1.53. The maximum Gasteiger partial charge on any atom is 0.262 e. The standard InChI is InChI=1S/C18H21N7O2/c1-12-10-25-11-13(14(27-2)9-17(25)20-12)18(26)21-15-3-4-16(23-22-15)24-7-5-19-6-8-24/h3-4,9-11,19H,5-8H2,1-2H3,(H,21,22,26). The van der Waals surface area contributed by atoms with Crippen molar-refractivity contribution in [1.82, 2.24) is 24.9 Å². The van der Waals surface area contributed by atoms with Crippen molar-refractivity contribution >= 4 is 23.2 Å². The van der Waals surface area contributed by atoms with E-state index in [1.165, 1.54) is 7.11 Å².